The molecule has 10 heteroatoms. The summed E-state index contributed by atoms with van der Waals surface area (Å²) in [7, 11) is 0. The molecule has 1 amide bonds. The molecule has 150 valence electrons. The van der Waals surface area contributed by atoms with Crippen LogP contribution in [0.2, 0.25) is 0 Å². The van der Waals surface area contributed by atoms with Gasteiger partial charge in [0.05, 0.1) is 17.3 Å². The molecule has 0 aromatic carbocycles. The highest BCUT2D eigenvalue weighted by Crippen LogP contribution is 2.31. The molecule has 1 aromatic rings. The average Bonchev–Trinajstić information content (AvgIpc) is 3.36. The maximum absolute atomic E-state index is 11.8. The first-order valence-electron chi connectivity index (χ1n) is 9.11. The third-order valence-corrected chi connectivity index (χ3v) is 4.94. The second kappa shape index (κ2) is 9.75. The van der Waals surface area contributed by atoms with E-state index >= 15 is 0 Å². The Morgan fingerprint density at radius 3 is 3.10 bits per heavy atom. The van der Waals surface area contributed by atoms with Gasteiger partial charge in [0.1, 0.15) is 17.3 Å². The number of carbonyl (C=O) groups is 2. The molecule has 2 aliphatic rings. The monoisotopic (exact) mass is 412 g/mol. The number of carbonyl (C=O) groups excluding carboxylic acids is 2. The molecule has 0 bridgehead atoms. The van der Waals surface area contributed by atoms with Gasteiger partial charge in [0, 0.05) is 37.3 Å². The lowest BCUT2D eigenvalue weighted by Gasteiger charge is -2.13. The van der Waals surface area contributed by atoms with E-state index in [0.29, 0.717) is 41.8 Å². The predicted octanol–water partition coefficient (Wildman–Crippen LogP) is 1.96. The number of allylic oxidation sites excluding steroid dienone is 1. The minimum Gasteiger partial charge on any atom is -0.461 e. The number of nitriles is 1. The molecule has 1 aromatic heterocycles. The number of rotatable bonds is 8. The van der Waals surface area contributed by atoms with Gasteiger partial charge in [-0.05, 0) is 19.4 Å². The fraction of sp³-hybridized carbons (Fsp3) is 0.316. The SMILES string of the molecule is CCOC(=O)C1=CS/C(=C(/C#N)c2ccnc(NCCCN3C=CCC3=O)n2)N1. The molecule has 0 aliphatic carbocycles. The van der Waals surface area contributed by atoms with E-state index in [-0.39, 0.29) is 18.2 Å². The highest BCUT2D eigenvalue weighted by Gasteiger charge is 2.22. The summed E-state index contributed by atoms with van der Waals surface area (Å²) < 4.78 is 4.96. The molecule has 0 unspecified atom stereocenters. The zero-order valence-corrected chi connectivity index (χ0v) is 16.7. The van der Waals surface area contributed by atoms with Gasteiger partial charge in [-0.1, -0.05) is 17.8 Å². The van der Waals surface area contributed by atoms with Crippen molar-refractivity contribution >= 4 is 35.2 Å². The number of hydrogen-bond acceptors (Lipinski definition) is 9. The van der Waals surface area contributed by atoms with Crippen molar-refractivity contribution in [2.24, 2.45) is 0 Å². The summed E-state index contributed by atoms with van der Waals surface area (Å²) in [5.41, 5.74) is 1.04. The third-order valence-electron chi connectivity index (χ3n) is 4.05. The molecule has 29 heavy (non-hydrogen) atoms. The van der Waals surface area contributed by atoms with Gasteiger partial charge in [-0.25, -0.2) is 14.8 Å². The van der Waals surface area contributed by atoms with Gasteiger partial charge in [-0.2, -0.15) is 5.26 Å². The lowest BCUT2D eigenvalue weighted by molar-refractivity contribution is -0.138. The quantitative estimate of drug-likeness (QED) is 0.375. The van der Waals surface area contributed by atoms with Gasteiger partial charge in [0.25, 0.3) is 0 Å². The molecule has 0 atom stereocenters. The summed E-state index contributed by atoms with van der Waals surface area (Å²) in [6.07, 6.45) is 6.41. The number of nitrogens with one attached hydrogen (secondary N) is 2. The van der Waals surface area contributed by atoms with Crippen molar-refractivity contribution in [1.29, 1.82) is 5.26 Å². The number of thioether (sulfide) groups is 1. The van der Waals surface area contributed by atoms with Crippen LogP contribution in [0, 0.1) is 11.3 Å². The van der Waals surface area contributed by atoms with Crippen LogP contribution < -0.4 is 10.6 Å². The minimum absolute atomic E-state index is 0.103. The Bertz CT molecular complexity index is 934. The van der Waals surface area contributed by atoms with Gasteiger partial charge in [0.2, 0.25) is 11.9 Å². The van der Waals surface area contributed by atoms with Crippen molar-refractivity contribution in [1.82, 2.24) is 20.2 Å². The molecule has 0 radical (unpaired) electrons. The number of ether oxygens (including phenoxy) is 1. The summed E-state index contributed by atoms with van der Waals surface area (Å²) in [5, 5.41) is 17.7. The zero-order chi connectivity index (χ0) is 20.6. The Kier molecular flexibility index (Phi) is 6.86. The topological polar surface area (TPSA) is 120 Å². The normalized spacial score (nSPS) is 16.9. The van der Waals surface area contributed by atoms with E-state index < -0.39 is 5.97 Å². The first-order chi connectivity index (χ1) is 14.1. The van der Waals surface area contributed by atoms with Crippen LogP contribution in [0.25, 0.3) is 5.57 Å². The van der Waals surface area contributed by atoms with Gasteiger partial charge < -0.3 is 20.3 Å². The zero-order valence-electron chi connectivity index (χ0n) is 15.8. The van der Waals surface area contributed by atoms with Gasteiger partial charge in [0.15, 0.2) is 0 Å². The molecule has 9 nitrogen and oxygen atoms in total. The maximum Gasteiger partial charge on any atom is 0.355 e. The van der Waals surface area contributed by atoms with Gasteiger partial charge in [-0.3, -0.25) is 4.79 Å². The summed E-state index contributed by atoms with van der Waals surface area (Å²) in [6.45, 7) is 3.21. The van der Waals surface area contributed by atoms with Crippen LogP contribution in [0.5, 0.6) is 0 Å². The van der Waals surface area contributed by atoms with Crippen molar-refractivity contribution in [3.05, 3.63) is 46.4 Å². The maximum atomic E-state index is 11.8. The second-order valence-electron chi connectivity index (χ2n) is 6.03. The lowest BCUT2D eigenvalue weighted by Crippen LogP contribution is -2.23. The van der Waals surface area contributed by atoms with Crippen LogP contribution in [-0.2, 0) is 14.3 Å². The smallest absolute Gasteiger partial charge is 0.355 e. The Morgan fingerprint density at radius 1 is 1.52 bits per heavy atom. The van der Waals surface area contributed by atoms with Crippen LogP contribution in [0.1, 0.15) is 25.5 Å². The van der Waals surface area contributed by atoms with Crippen LogP contribution in [-0.4, -0.2) is 46.4 Å². The Labute approximate surface area is 172 Å². The summed E-state index contributed by atoms with van der Waals surface area (Å²) in [5.74, 6) is 0.0234. The molecule has 0 fully saturated rings. The van der Waals surface area contributed by atoms with Crippen molar-refractivity contribution in [3.8, 4) is 6.07 Å². The molecule has 2 aliphatic heterocycles. The number of esters is 1. The summed E-state index contributed by atoms with van der Waals surface area (Å²) >= 11 is 1.23. The first kappa shape index (κ1) is 20.4. The van der Waals surface area contributed by atoms with Gasteiger partial charge >= 0.3 is 5.97 Å². The number of aromatic nitrogens is 2. The number of amides is 1. The van der Waals surface area contributed by atoms with Crippen LogP contribution in [0.3, 0.4) is 0 Å². The molecule has 3 heterocycles. The van der Waals surface area contributed by atoms with E-state index in [1.54, 1.807) is 35.7 Å². The molecular weight excluding hydrogens is 392 g/mol. The van der Waals surface area contributed by atoms with Gasteiger partial charge in [-0.15, -0.1) is 0 Å². The second-order valence-corrected chi connectivity index (χ2v) is 6.91. The fourth-order valence-electron chi connectivity index (χ4n) is 2.67. The lowest BCUT2D eigenvalue weighted by atomic mass is 10.2. The largest absolute Gasteiger partial charge is 0.461 e. The highest BCUT2D eigenvalue weighted by atomic mass is 32.2. The van der Waals surface area contributed by atoms with E-state index in [0.717, 1.165) is 6.42 Å². The standard InChI is InChI=1S/C19H20N6O3S/c1-2-28-18(27)15-12-29-17(23-15)13(11-20)14-6-8-22-19(24-14)21-7-4-10-25-9-3-5-16(25)26/h3,6,8-9,12,23H,2,4-5,7,10H2,1H3,(H,21,22,24)/b17-13-. The highest BCUT2D eigenvalue weighted by molar-refractivity contribution is 8.06. The molecule has 0 saturated heterocycles. The Balaban J connectivity index is 1.60. The third kappa shape index (κ3) is 5.14. The van der Waals surface area contributed by atoms with Crippen LogP contribution in [0.4, 0.5) is 5.95 Å². The molecule has 3 rings (SSSR count). The summed E-state index contributed by atoms with van der Waals surface area (Å²) in [6, 6.07) is 3.76. The fourth-order valence-corrected chi connectivity index (χ4v) is 3.49. The van der Waals surface area contributed by atoms with E-state index in [2.05, 4.69) is 26.7 Å². The number of nitrogens with zero attached hydrogens (tertiary/aromatic N) is 4. The molecule has 0 saturated carbocycles. The minimum atomic E-state index is -0.469. The van der Waals surface area contributed by atoms with E-state index in [1.165, 1.54) is 11.8 Å². The first-order valence-corrected chi connectivity index (χ1v) is 9.99. The molecule has 0 spiro atoms. The van der Waals surface area contributed by atoms with Crippen molar-refractivity contribution in [3.63, 3.8) is 0 Å². The van der Waals surface area contributed by atoms with E-state index in [1.807, 2.05) is 6.08 Å². The summed E-state index contributed by atoms with van der Waals surface area (Å²) in [4.78, 5) is 33.6. The van der Waals surface area contributed by atoms with E-state index in [4.69, 9.17) is 4.74 Å². The van der Waals surface area contributed by atoms with Crippen LogP contribution in [0.15, 0.2) is 40.7 Å². The van der Waals surface area contributed by atoms with Crippen molar-refractivity contribution < 1.29 is 14.3 Å². The Hall–Kier alpha value is -3.32. The predicted molar refractivity (Wildman–Crippen MR) is 109 cm³/mol. The molecular formula is C19H20N6O3S. The molecule has 2 N–H and O–H groups in total. The van der Waals surface area contributed by atoms with Crippen molar-refractivity contribution in [2.45, 2.75) is 19.8 Å². The number of anilines is 1. The number of hydrogen-bond donors (Lipinski definition) is 2. The Morgan fingerprint density at radius 2 is 2.38 bits per heavy atom. The van der Waals surface area contributed by atoms with E-state index in [9.17, 15) is 14.9 Å². The average molecular weight is 412 g/mol. The van der Waals surface area contributed by atoms with Crippen molar-refractivity contribution in [2.75, 3.05) is 25.0 Å². The van der Waals surface area contributed by atoms with Crippen LogP contribution >= 0.6 is 11.8 Å².